The van der Waals surface area contributed by atoms with Crippen molar-refractivity contribution >= 4 is 27.5 Å². The van der Waals surface area contributed by atoms with Gasteiger partial charge in [0.25, 0.3) is 5.91 Å². The van der Waals surface area contributed by atoms with Crippen molar-refractivity contribution in [1.29, 1.82) is 0 Å². The molecule has 1 saturated heterocycles. The third-order valence-electron chi connectivity index (χ3n) is 5.05. The molecule has 1 fully saturated rings. The van der Waals surface area contributed by atoms with Gasteiger partial charge in [-0.2, -0.15) is 4.31 Å². The first-order valence-electron chi connectivity index (χ1n) is 9.59. The zero-order valence-corrected chi connectivity index (χ0v) is 17.9. The molecule has 0 aromatic heterocycles. The fourth-order valence-electron chi connectivity index (χ4n) is 3.38. The lowest BCUT2D eigenvalue weighted by molar-refractivity contribution is 0.0828. The van der Waals surface area contributed by atoms with Crippen molar-refractivity contribution in [1.82, 2.24) is 9.62 Å². The summed E-state index contributed by atoms with van der Waals surface area (Å²) < 4.78 is 32.4. The summed E-state index contributed by atoms with van der Waals surface area (Å²) in [6.07, 6.45) is 2.44. The molecular formula is C21H25ClN2O4S. The van der Waals surface area contributed by atoms with Gasteiger partial charge in [0.2, 0.25) is 10.0 Å². The third-order valence-corrected chi connectivity index (χ3v) is 7.31. The van der Waals surface area contributed by atoms with Crippen LogP contribution in [0, 0.1) is 0 Å². The smallest absolute Gasteiger partial charge is 0.251 e. The SMILES string of the molecule is COC(CNC(=O)c1ccc(S(=O)(=O)N2CCCCC2)cc1)c1ccccc1Cl. The van der Waals surface area contributed by atoms with Crippen molar-refractivity contribution in [3.8, 4) is 0 Å². The van der Waals surface area contributed by atoms with Crippen LogP contribution in [0.5, 0.6) is 0 Å². The van der Waals surface area contributed by atoms with Crippen LogP contribution in [0.4, 0.5) is 0 Å². The van der Waals surface area contributed by atoms with Gasteiger partial charge in [0.05, 0.1) is 4.90 Å². The molecule has 1 atom stereocenters. The van der Waals surface area contributed by atoms with Gasteiger partial charge in [-0.25, -0.2) is 8.42 Å². The van der Waals surface area contributed by atoms with E-state index in [1.165, 1.54) is 28.6 Å². The van der Waals surface area contributed by atoms with Gasteiger partial charge in [-0.05, 0) is 43.2 Å². The Kier molecular flexibility index (Phi) is 7.29. The molecule has 2 aromatic carbocycles. The molecule has 8 heteroatoms. The summed E-state index contributed by atoms with van der Waals surface area (Å²) in [4.78, 5) is 12.7. The summed E-state index contributed by atoms with van der Waals surface area (Å²) in [5.41, 5.74) is 1.18. The van der Waals surface area contributed by atoms with Crippen molar-refractivity contribution in [3.63, 3.8) is 0 Å². The largest absolute Gasteiger partial charge is 0.375 e. The number of rotatable bonds is 7. The van der Waals surface area contributed by atoms with Gasteiger partial charge >= 0.3 is 0 Å². The van der Waals surface area contributed by atoms with Crippen LogP contribution in [0.1, 0.15) is 41.3 Å². The number of benzene rings is 2. The number of amides is 1. The molecule has 0 spiro atoms. The number of methoxy groups -OCH3 is 1. The molecule has 1 N–H and O–H groups in total. The molecule has 1 heterocycles. The predicted molar refractivity (Wildman–Crippen MR) is 113 cm³/mol. The Hall–Kier alpha value is -1.93. The molecule has 0 saturated carbocycles. The Morgan fingerprint density at radius 2 is 1.76 bits per heavy atom. The molecule has 3 rings (SSSR count). The molecule has 1 unspecified atom stereocenters. The number of ether oxygens (including phenoxy) is 1. The zero-order chi connectivity index (χ0) is 20.9. The van der Waals surface area contributed by atoms with E-state index in [0.29, 0.717) is 23.7 Å². The van der Waals surface area contributed by atoms with Gasteiger partial charge in [0.15, 0.2) is 0 Å². The van der Waals surface area contributed by atoms with Gasteiger partial charge in [-0.15, -0.1) is 0 Å². The topological polar surface area (TPSA) is 75.7 Å². The van der Waals surface area contributed by atoms with Crippen LogP contribution in [0.3, 0.4) is 0 Å². The average Bonchev–Trinajstić information content (AvgIpc) is 2.76. The maximum absolute atomic E-state index is 12.7. The van der Waals surface area contributed by atoms with E-state index in [-0.39, 0.29) is 23.5 Å². The molecule has 29 heavy (non-hydrogen) atoms. The lowest BCUT2D eigenvalue weighted by atomic mass is 10.1. The third kappa shape index (κ3) is 5.17. The minimum Gasteiger partial charge on any atom is -0.375 e. The number of carbonyl (C=O) groups excluding carboxylic acids is 1. The van der Waals surface area contributed by atoms with E-state index in [2.05, 4.69) is 5.32 Å². The first-order valence-corrected chi connectivity index (χ1v) is 11.4. The molecule has 1 aliphatic rings. The zero-order valence-electron chi connectivity index (χ0n) is 16.3. The van der Waals surface area contributed by atoms with E-state index < -0.39 is 10.0 Å². The Labute approximate surface area is 176 Å². The van der Waals surface area contributed by atoms with E-state index in [1.54, 1.807) is 13.2 Å². The van der Waals surface area contributed by atoms with Crippen LogP contribution in [0.25, 0.3) is 0 Å². The molecule has 0 aliphatic carbocycles. The molecule has 1 aliphatic heterocycles. The first kappa shape index (κ1) is 21.8. The highest BCUT2D eigenvalue weighted by atomic mass is 35.5. The van der Waals surface area contributed by atoms with Gasteiger partial charge < -0.3 is 10.1 Å². The number of nitrogens with zero attached hydrogens (tertiary/aromatic N) is 1. The maximum Gasteiger partial charge on any atom is 0.251 e. The average molecular weight is 437 g/mol. The number of sulfonamides is 1. The van der Waals surface area contributed by atoms with Crippen LogP contribution in [0.15, 0.2) is 53.4 Å². The van der Waals surface area contributed by atoms with Crippen molar-refractivity contribution in [2.24, 2.45) is 0 Å². The number of carbonyl (C=O) groups is 1. The van der Waals surface area contributed by atoms with Crippen LogP contribution in [-0.2, 0) is 14.8 Å². The number of hydrogen-bond acceptors (Lipinski definition) is 4. The Morgan fingerprint density at radius 3 is 2.38 bits per heavy atom. The van der Waals surface area contributed by atoms with Crippen LogP contribution >= 0.6 is 11.6 Å². The molecule has 0 bridgehead atoms. The lowest BCUT2D eigenvalue weighted by Gasteiger charge is -2.25. The normalized spacial score (nSPS) is 16.3. The standard InChI is InChI=1S/C21H25ClN2O4S/c1-28-20(18-7-3-4-8-19(18)22)15-23-21(25)16-9-11-17(12-10-16)29(26,27)24-13-5-2-6-14-24/h3-4,7-12,20H,2,5-6,13-15H2,1H3,(H,23,25). The molecular weight excluding hydrogens is 412 g/mol. The Bertz CT molecular complexity index is 941. The summed E-state index contributed by atoms with van der Waals surface area (Å²) in [7, 11) is -1.95. The summed E-state index contributed by atoms with van der Waals surface area (Å²) in [6, 6.07) is 13.3. The van der Waals surface area contributed by atoms with Crippen molar-refractivity contribution < 1.29 is 17.9 Å². The molecule has 6 nitrogen and oxygen atoms in total. The number of hydrogen-bond donors (Lipinski definition) is 1. The van der Waals surface area contributed by atoms with E-state index >= 15 is 0 Å². The van der Waals surface area contributed by atoms with Crippen LogP contribution < -0.4 is 5.32 Å². The van der Waals surface area contributed by atoms with Crippen molar-refractivity contribution in [3.05, 3.63) is 64.7 Å². The quantitative estimate of drug-likeness (QED) is 0.719. The Morgan fingerprint density at radius 1 is 1.10 bits per heavy atom. The summed E-state index contributed by atoms with van der Waals surface area (Å²) >= 11 is 6.20. The van der Waals surface area contributed by atoms with Gasteiger partial charge in [-0.1, -0.05) is 36.2 Å². The second-order valence-electron chi connectivity index (χ2n) is 6.95. The Balaban J connectivity index is 1.65. The highest BCUT2D eigenvalue weighted by molar-refractivity contribution is 7.89. The minimum absolute atomic E-state index is 0.210. The number of nitrogens with one attached hydrogen (secondary N) is 1. The van der Waals surface area contributed by atoms with Gasteiger partial charge in [0, 0.05) is 42.9 Å². The van der Waals surface area contributed by atoms with Crippen LogP contribution in [-0.4, -0.2) is 45.4 Å². The fourth-order valence-corrected chi connectivity index (χ4v) is 5.15. The molecule has 2 aromatic rings. The fraction of sp³-hybridized carbons (Fsp3) is 0.381. The maximum atomic E-state index is 12.7. The number of halogens is 1. The van der Waals surface area contributed by atoms with Crippen molar-refractivity contribution in [2.75, 3.05) is 26.7 Å². The highest BCUT2D eigenvalue weighted by Crippen LogP contribution is 2.25. The summed E-state index contributed by atoms with van der Waals surface area (Å²) in [5.74, 6) is -0.305. The second-order valence-corrected chi connectivity index (χ2v) is 9.29. The molecule has 156 valence electrons. The molecule has 1 amide bonds. The lowest BCUT2D eigenvalue weighted by Crippen LogP contribution is -2.35. The summed E-state index contributed by atoms with van der Waals surface area (Å²) in [6.45, 7) is 1.34. The van der Waals surface area contributed by atoms with Crippen LogP contribution in [0.2, 0.25) is 5.02 Å². The summed E-state index contributed by atoms with van der Waals surface area (Å²) in [5, 5.41) is 3.39. The van der Waals surface area contributed by atoms with E-state index in [1.807, 2.05) is 18.2 Å². The number of piperidine rings is 1. The monoisotopic (exact) mass is 436 g/mol. The minimum atomic E-state index is -3.51. The molecule has 0 radical (unpaired) electrons. The van der Waals surface area contributed by atoms with Crippen molar-refractivity contribution in [2.45, 2.75) is 30.3 Å². The van der Waals surface area contributed by atoms with E-state index in [0.717, 1.165) is 24.8 Å². The first-order chi connectivity index (χ1) is 13.9. The van der Waals surface area contributed by atoms with E-state index in [9.17, 15) is 13.2 Å². The van der Waals surface area contributed by atoms with Gasteiger partial charge in [0.1, 0.15) is 6.10 Å². The van der Waals surface area contributed by atoms with E-state index in [4.69, 9.17) is 16.3 Å². The predicted octanol–water partition coefficient (Wildman–Crippen LogP) is 3.63. The second kappa shape index (κ2) is 9.71. The van der Waals surface area contributed by atoms with Gasteiger partial charge in [-0.3, -0.25) is 4.79 Å². The highest BCUT2D eigenvalue weighted by Gasteiger charge is 2.26.